The number of fused-ring (bicyclic) bond motifs is 9. The van der Waals surface area contributed by atoms with E-state index in [9.17, 15) is 23.1 Å². The number of halogens is 3. The molecular weight excluding hydrogens is 299 g/mol. The van der Waals surface area contributed by atoms with Gasteiger partial charge in [0, 0.05) is 23.2 Å². The molecule has 4 aliphatic carbocycles. The average molecular weight is 315 g/mol. The van der Waals surface area contributed by atoms with Crippen LogP contribution in [0, 0.1) is 41.4 Å². The van der Waals surface area contributed by atoms with Crippen molar-refractivity contribution in [1.29, 1.82) is 0 Å². The second-order valence-corrected chi connectivity index (χ2v) is 7.34. The van der Waals surface area contributed by atoms with E-state index in [1.165, 1.54) is 0 Å². The summed E-state index contributed by atoms with van der Waals surface area (Å²) in [4.78, 5) is 14.2. The van der Waals surface area contributed by atoms with Crippen LogP contribution in [0.4, 0.5) is 13.2 Å². The summed E-state index contributed by atoms with van der Waals surface area (Å²) >= 11 is 0. The van der Waals surface area contributed by atoms with E-state index in [4.69, 9.17) is 5.53 Å². The lowest BCUT2D eigenvalue weighted by atomic mass is 9.65. The van der Waals surface area contributed by atoms with Crippen LogP contribution in [0.2, 0.25) is 0 Å². The zero-order valence-corrected chi connectivity index (χ0v) is 11.7. The van der Waals surface area contributed by atoms with Crippen molar-refractivity contribution >= 4 is 5.78 Å². The third-order valence-corrected chi connectivity index (χ3v) is 6.71. The maximum absolute atomic E-state index is 13.3. The molecule has 4 fully saturated rings. The van der Waals surface area contributed by atoms with Crippen LogP contribution in [0.15, 0.2) is 5.11 Å². The third kappa shape index (κ3) is 1.55. The average Bonchev–Trinajstić information content (AvgIpc) is 3.13. The molecule has 0 amide bonds. The van der Waals surface area contributed by atoms with Crippen LogP contribution in [0.25, 0.3) is 10.4 Å². The molecule has 4 bridgehead atoms. The smallest absolute Gasteiger partial charge is 0.376 e. The predicted octanol–water partition coefficient (Wildman–Crippen LogP) is 3.04. The lowest BCUT2D eigenvalue weighted by Crippen LogP contribution is -2.53. The summed E-state index contributed by atoms with van der Waals surface area (Å²) in [7, 11) is 0. The molecule has 120 valence electrons. The number of carbonyl (C=O) groups excluding carboxylic acids is 1. The number of hydrogen-bond donors (Lipinski definition) is 1. The molecular formula is C14H16F3N3O2. The summed E-state index contributed by atoms with van der Waals surface area (Å²) in [5.41, 5.74) is 5.12. The van der Waals surface area contributed by atoms with E-state index in [2.05, 4.69) is 10.0 Å². The molecule has 4 rings (SSSR count). The fraction of sp³-hybridized carbons (Fsp3) is 0.929. The molecule has 8 heteroatoms. The molecule has 0 heterocycles. The van der Waals surface area contributed by atoms with Gasteiger partial charge in [0.05, 0.1) is 0 Å². The highest BCUT2D eigenvalue weighted by atomic mass is 19.4. The van der Waals surface area contributed by atoms with Crippen molar-refractivity contribution in [3.63, 3.8) is 0 Å². The molecule has 0 aromatic rings. The normalized spacial score (nSPS) is 48.2. The van der Waals surface area contributed by atoms with Gasteiger partial charge in [0.1, 0.15) is 5.78 Å². The van der Waals surface area contributed by atoms with Gasteiger partial charge >= 0.3 is 6.18 Å². The van der Waals surface area contributed by atoms with E-state index in [1.807, 2.05) is 0 Å². The molecule has 4 aliphatic rings. The fourth-order valence-electron chi connectivity index (χ4n) is 6.20. The zero-order valence-electron chi connectivity index (χ0n) is 11.7. The van der Waals surface area contributed by atoms with E-state index < -0.39 is 17.8 Å². The molecule has 22 heavy (non-hydrogen) atoms. The van der Waals surface area contributed by atoms with Gasteiger partial charge in [-0.05, 0) is 59.5 Å². The summed E-state index contributed by atoms with van der Waals surface area (Å²) < 4.78 is 39.9. The van der Waals surface area contributed by atoms with Crippen molar-refractivity contribution < 1.29 is 23.1 Å². The molecule has 0 radical (unpaired) electrons. The largest absolute Gasteiger partial charge is 0.423 e. The van der Waals surface area contributed by atoms with Crippen molar-refractivity contribution in [2.45, 2.75) is 37.6 Å². The maximum Gasteiger partial charge on any atom is 0.423 e. The van der Waals surface area contributed by atoms with Crippen LogP contribution in [0.5, 0.6) is 0 Å². The molecule has 5 nitrogen and oxygen atoms in total. The highest BCUT2D eigenvalue weighted by Crippen LogP contribution is 2.70. The minimum Gasteiger partial charge on any atom is -0.376 e. The summed E-state index contributed by atoms with van der Waals surface area (Å²) in [6.07, 6.45) is -2.79. The summed E-state index contributed by atoms with van der Waals surface area (Å²) in [5, 5.41) is 12.8. The number of alkyl halides is 3. The van der Waals surface area contributed by atoms with Gasteiger partial charge in [-0.3, -0.25) is 4.79 Å². The molecule has 0 aromatic carbocycles. The van der Waals surface area contributed by atoms with Gasteiger partial charge in [-0.2, -0.15) is 13.2 Å². The van der Waals surface area contributed by atoms with E-state index in [-0.39, 0.29) is 35.9 Å². The highest BCUT2D eigenvalue weighted by molar-refractivity contribution is 5.85. The number of Topliss-reactive ketones (excluding diaryl/α,β-unsaturated/α-hetero) is 1. The zero-order chi connectivity index (χ0) is 15.9. The topological polar surface area (TPSA) is 86.1 Å². The Balaban J connectivity index is 1.70. The molecule has 8 atom stereocenters. The van der Waals surface area contributed by atoms with Crippen molar-refractivity contribution in [2.75, 3.05) is 0 Å². The number of nitrogens with zero attached hydrogens (tertiary/aromatic N) is 3. The standard InChI is InChI=1S/C14H16F3N3O2/c15-14(16,17)13(22,19-20-18)9-3-5-1-7(9)12-8-2-6(11(5)12)4-10(8)21/h5-9,11-12,22H,1-4H2. The fourth-order valence-corrected chi connectivity index (χ4v) is 6.20. The van der Waals surface area contributed by atoms with Crippen molar-refractivity contribution in [3.05, 3.63) is 10.4 Å². The van der Waals surface area contributed by atoms with E-state index >= 15 is 0 Å². The SMILES string of the molecule is [N-]=[N+]=NC(O)(C1CC2CC1C1C3CC(CC3=O)C21)C(F)(F)F. The molecule has 0 aliphatic heterocycles. The minimum atomic E-state index is -4.99. The van der Waals surface area contributed by atoms with Crippen LogP contribution in [-0.4, -0.2) is 22.8 Å². The second kappa shape index (κ2) is 4.17. The number of carbonyl (C=O) groups is 1. The number of hydrogen-bond acceptors (Lipinski definition) is 3. The minimum absolute atomic E-state index is 0.0576. The Labute approximate surface area is 124 Å². The number of ketones is 1. The Morgan fingerprint density at radius 1 is 1.18 bits per heavy atom. The van der Waals surface area contributed by atoms with Gasteiger partial charge < -0.3 is 5.11 Å². The Morgan fingerprint density at radius 3 is 2.55 bits per heavy atom. The maximum atomic E-state index is 13.3. The molecule has 0 aromatic heterocycles. The summed E-state index contributed by atoms with van der Waals surface area (Å²) in [5.74, 6) is -0.769. The van der Waals surface area contributed by atoms with E-state index in [1.54, 1.807) is 0 Å². The Morgan fingerprint density at radius 2 is 1.91 bits per heavy atom. The van der Waals surface area contributed by atoms with Crippen LogP contribution in [0.3, 0.4) is 0 Å². The first kappa shape index (κ1) is 14.3. The quantitative estimate of drug-likeness (QED) is 0.367. The van der Waals surface area contributed by atoms with Crippen LogP contribution >= 0.6 is 0 Å². The third-order valence-electron chi connectivity index (χ3n) is 6.71. The first-order valence-corrected chi connectivity index (χ1v) is 7.66. The van der Waals surface area contributed by atoms with Gasteiger partial charge in [-0.1, -0.05) is 0 Å². The van der Waals surface area contributed by atoms with Crippen molar-refractivity contribution in [1.82, 2.24) is 0 Å². The number of rotatable bonds is 2. The molecule has 0 spiro atoms. The first-order valence-electron chi connectivity index (χ1n) is 7.66. The number of aliphatic hydroxyl groups is 1. The van der Waals surface area contributed by atoms with Gasteiger partial charge in [0.25, 0.3) is 0 Å². The van der Waals surface area contributed by atoms with Gasteiger partial charge in [-0.25, -0.2) is 0 Å². The van der Waals surface area contributed by atoms with Crippen molar-refractivity contribution in [2.24, 2.45) is 46.5 Å². The number of azide groups is 1. The summed E-state index contributed by atoms with van der Waals surface area (Å²) in [6, 6.07) is 0. The highest BCUT2D eigenvalue weighted by Gasteiger charge is 2.71. The van der Waals surface area contributed by atoms with Crippen LogP contribution in [-0.2, 0) is 4.79 Å². The Hall–Kier alpha value is -1.27. The molecule has 1 N–H and O–H groups in total. The van der Waals surface area contributed by atoms with Gasteiger partial charge in [0.15, 0.2) is 0 Å². The van der Waals surface area contributed by atoms with Gasteiger partial charge in [0.2, 0.25) is 5.72 Å². The van der Waals surface area contributed by atoms with Crippen LogP contribution < -0.4 is 0 Å². The Bertz CT molecular complexity index is 588. The molecule has 4 saturated carbocycles. The van der Waals surface area contributed by atoms with E-state index in [0.717, 1.165) is 6.42 Å². The lowest BCUT2D eigenvalue weighted by Gasteiger charge is -2.43. The first-order chi connectivity index (χ1) is 10.3. The lowest BCUT2D eigenvalue weighted by molar-refractivity contribution is -0.285. The van der Waals surface area contributed by atoms with E-state index in [0.29, 0.717) is 24.7 Å². The molecule has 0 saturated heterocycles. The summed E-state index contributed by atoms with van der Waals surface area (Å²) in [6.45, 7) is 0. The predicted molar refractivity (Wildman–Crippen MR) is 68.1 cm³/mol. The molecule has 8 unspecified atom stereocenters. The Kier molecular flexibility index (Phi) is 2.72. The van der Waals surface area contributed by atoms with Crippen LogP contribution in [0.1, 0.15) is 25.7 Å². The monoisotopic (exact) mass is 315 g/mol. The second-order valence-electron chi connectivity index (χ2n) is 7.34. The van der Waals surface area contributed by atoms with Gasteiger partial charge in [-0.15, -0.1) is 0 Å². The van der Waals surface area contributed by atoms with Crippen molar-refractivity contribution in [3.8, 4) is 0 Å².